The van der Waals surface area contributed by atoms with Gasteiger partial charge in [-0.1, -0.05) is 31.9 Å². The Labute approximate surface area is 114 Å². The summed E-state index contributed by atoms with van der Waals surface area (Å²) in [5.41, 5.74) is 9.97. The minimum Gasteiger partial charge on any atom is -0.465 e. The SMILES string of the molecule is C=C(N)c1cc(C(=O)OC)c(C)cc1CC1CCC1. The number of benzene rings is 1. The lowest BCUT2D eigenvalue weighted by Crippen LogP contribution is -2.16. The van der Waals surface area contributed by atoms with Gasteiger partial charge >= 0.3 is 5.97 Å². The Bertz CT molecular complexity index is 516. The van der Waals surface area contributed by atoms with Crippen LogP contribution in [0.25, 0.3) is 5.70 Å². The molecule has 0 atom stereocenters. The van der Waals surface area contributed by atoms with Crippen molar-refractivity contribution in [1.29, 1.82) is 0 Å². The third-order valence-electron chi connectivity index (χ3n) is 3.93. The van der Waals surface area contributed by atoms with E-state index in [1.807, 2.05) is 13.0 Å². The number of hydrogen-bond acceptors (Lipinski definition) is 3. The molecule has 0 amide bonds. The molecular formula is C16H21NO2. The van der Waals surface area contributed by atoms with Gasteiger partial charge in [0.05, 0.1) is 12.7 Å². The number of carbonyl (C=O) groups excluding carboxylic acids is 1. The van der Waals surface area contributed by atoms with Gasteiger partial charge in [0.25, 0.3) is 0 Å². The van der Waals surface area contributed by atoms with E-state index in [1.165, 1.54) is 31.9 Å². The highest BCUT2D eigenvalue weighted by Gasteiger charge is 2.21. The molecule has 3 nitrogen and oxygen atoms in total. The van der Waals surface area contributed by atoms with Gasteiger partial charge in [0.2, 0.25) is 0 Å². The van der Waals surface area contributed by atoms with Crippen molar-refractivity contribution in [3.8, 4) is 0 Å². The second-order valence-corrected chi connectivity index (χ2v) is 5.34. The normalized spacial score (nSPS) is 14.8. The first kappa shape index (κ1) is 13.7. The summed E-state index contributed by atoms with van der Waals surface area (Å²) in [7, 11) is 1.39. The number of hydrogen-bond donors (Lipinski definition) is 1. The molecule has 1 saturated carbocycles. The molecule has 1 fully saturated rings. The Morgan fingerprint density at radius 1 is 1.42 bits per heavy atom. The van der Waals surface area contributed by atoms with Crippen LogP contribution in [0.2, 0.25) is 0 Å². The molecule has 0 unspecified atom stereocenters. The largest absolute Gasteiger partial charge is 0.465 e. The van der Waals surface area contributed by atoms with Crippen LogP contribution < -0.4 is 5.73 Å². The molecule has 1 aromatic carbocycles. The van der Waals surface area contributed by atoms with Crippen LogP contribution in [0.3, 0.4) is 0 Å². The molecule has 2 N–H and O–H groups in total. The topological polar surface area (TPSA) is 52.3 Å². The van der Waals surface area contributed by atoms with Crippen LogP contribution >= 0.6 is 0 Å². The van der Waals surface area contributed by atoms with E-state index < -0.39 is 0 Å². The van der Waals surface area contributed by atoms with E-state index in [-0.39, 0.29) is 5.97 Å². The lowest BCUT2D eigenvalue weighted by Gasteiger charge is -2.26. The first-order valence-corrected chi connectivity index (χ1v) is 6.69. The summed E-state index contributed by atoms with van der Waals surface area (Å²) in [4.78, 5) is 11.7. The molecule has 1 aromatic rings. The molecule has 1 aliphatic rings. The third kappa shape index (κ3) is 2.80. The number of rotatable bonds is 4. The molecule has 0 saturated heterocycles. The van der Waals surface area contributed by atoms with Crippen LogP contribution in [0, 0.1) is 12.8 Å². The predicted molar refractivity (Wildman–Crippen MR) is 76.8 cm³/mol. The van der Waals surface area contributed by atoms with E-state index in [4.69, 9.17) is 10.5 Å². The maximum absolute atomic E-state index is 11.7. The number of ether oxygens (including phenoxy) is 1. The minimum absolute atomic E-state index is 0.324. The van der Waals surface area contributed by atoms with Gasteiger partial charge in [0, 0.05) is 11.3 Å². The number of nitrogens with two attached hydrogens (primary N) is 1. The maximum Gasteiger partial charge on any atom is 0.338 e. The standard InChI is InChI=1S/C16H21NO2/c1-10-7-13(8-12-5-4-6-12)15(11(2)17)9-14(10)16(18)19-3/h7,9,12H,2,4-6,8,17H2,1,3H3. The zero-order valence-corrected chi connectivity index (χ0v) is 11.7. The van der Waals surface area contributed by atoms with Gasteiger partial charge in [-0.05, 0) is 36.5 Å². The van der Waals surface area contributed by atoms with E-state index in [0.717, 1.165) is 23.5 Å². The Morgan fingerprint density at radius 2 is 2.11 bits per heavy atom. The van der Waals surface area contributed by atoms with Crippen molar-refractivity contribution < 1.29 is 9.53 Å². The summed E-state index contributed by atoms with van der Waals surface area (Å²) in [5.74, 6) is 0.427. The molecule has 2 rings (SSSR count). The Balaban J connectivity index is 2.39. The number of esters is 1. The smallest absolute Gasteiger partial charge is 0.338 e. The molecule has 3 heteroatoms. The molecule has 0 bridgehead atoms. The quantitative estimate of drug-likeness (QED) is 0.845. The zero-order valence-electron chi connectivity index (χ0n) is 11.7. The highest BCUT2D eigenvalue weighted by atomic mass is 16.5. The average molecular weight is 259 g/mol. The number of methoxy groups -OCH3 is 1. The van der Waals surface area contributed by atoms with Gasteiger partial charge in [-0.25, -0.2) is 4.79 Å². The predicted octanol–water partition coefficient (Wildman–Crippen LogP) is 3.05. The summed E-state index contributed by atoms with van der Waals surface area (Å²) in [6, 6.07) is 3.87. The van der Waals surface area contributed by atoms with E-state index >= 15 is 0 Å². The number of carbonyl (C=O) groups is 1. The van der Waals surface area contributed by atoms with E-state index in [1.54, 1.807) is 0 Å². The van der Waals surface area contributed by atoms with Crippen molar-refractivity contribution >= 4 is 11.7 Å². The van der Waals surface area contributed by atoms with Crippen LogP contribution in [0.15, 0.2) is 18.7 Å². The summed E-state index contributed by atoms with van der Waals surface area (Å²) in [5, 5.41) is 0. The van der Waals surface area contributed by atoms with Gasteiger partial charge in [-0.3, -0.25) is 0 Å². The second kappa shape index (κ2) is 5.47. The Kier molecular flexibility index (Phi) is 3.93. The van der Waals surface area contributed by atoms with Crippen molar-refractivity contribution in [3.05, 3.63) is 41.0 Å². The van der Waals surface area contributed by atoms with Gasteiger partial charge in [-0.2, -0.15) is 0 Å². The highest BCUT2D eigenvalue weighted by Crippen LogP contribution is 2.32. The van der Waals surface area contributed by atoms with Crippen molar-refractivity contribution in [2.24, 2.45) is 11.7 Å². The van der Waals surface area contributed by atoms with Crippen molar-refractivity contribution in [1.82, 2.24) is 0 Å². The second-order valence-electron chi connectivity index (χ2n) is 5.34. The Hall–Kier alpha value is -1.77. The average Bonchev–Trinajstić information content (AvgIpc) is 2.32. The van der Waals surface area contributed by atoms with Crippen molar-refractivity contribution in [2.45, 2.75) is 32.6 Å². The molecule has 0 spiro atoms. The fraction of sp³-hybridized carbons (Fsp3) is 0.438. The zero-order chi connectivity index (χ0) is 14.0. The maximum atomic E-state index is 11.7. The van der Waals surface area contributed by atoms with E-state index in [2.05, 4.69) is 12.6 Å². The molecule has 102 valence electrons. The van der Waals surface area contributed by atoms with Crippen LogP contribution in [0.5, 0.6) is 0 Å². The highest BCUT2D eigenvalue weighted by molar-refractivity contribution is 5.92. The van der Waals surface area contributed by atoms with Crippen LogP contribution in [-0.2, 0) is 11.2 Å². The van der Waals surface area contributed by atoms with Crippen molar-refractivity contribution in [3.63, 3.8) is 0 Å². The first-order valence-electron chi connectivity index (χ1n) is 6.69. The third-order valence-corrected chi connectivity index (χ3v) is 3.93. The molecule has 0 radical (unpaired) electrons. The lowest BCUT2D eigenvalue weighted by molar-refractivity contribution is 0.0600. The first-order chi connectivity index (χ1) is 9.02. The van der Waals surface area contributed by atoms with E-state index in [0.29, 0.717) is 11.3 Å². The van der Waals surface area contributed by atoms with Gasteiger partial charge < -0.3 is 10.5 Å². The van der Waals surface area contributed by atoms with Gasteiger partial charge in [0.15, 0.2) is 0 Å². The fourth-order valence-electron chi connectivity index (χ4n) is 2.57. The molecular weight excluding hydrogens is 238 g/mol. The summed E-state index contributed by atoms with van der Waals surface area (Å²) in [6.07, 6.45) is 4.92. The van der Waals surface area contributed by atoms with Crippen LogP contribution in [0.1, 0.15) is 46.3 Å². The van der Waals surface area contributed by atoms with Crippen LogP contribution in [-0.4, -0.2) is 13.1 Å². The van der Waals surface area contributed by atoms with Gasteiger partial charge in [0.1, 0.15) is 0 Å². The molecule has 0 aliphatic heterocycles. The summed E-state index contributed by atoms with van der Waals surface area (Å²) >= 11 is 0. The van der Waals surface area contributed by atoms with Crippen LogP contribution in [0.4, 0.5) is 0 Å². The van der Waals surface area contributed by atoms with Gasteiger partial charge in [-0.15, -0.1) is 0 Å². The summed E-state index contributed by atoms with van der Waals surface area (Å²) in [6.45, 7) is 5.75. The monoisotopic (exact) mass is 259 g/mol. The fourth-order valence-corrected chi connectivity index (χ4v) is 2.57. The number of aryl methyl sites for hydroxylation is 1. The summed E-state index contributed by atoms with van der Waals surface area (Å²) < 4.78 is 4.80. The molecule has 1 aliphatic carbocycles. The minimum atomic E-state index is -0.324. The Morgan fingerprint density at radius 3 is 2.58 bits per heavy atom. The molecule has 0 heterocycles. The molecule has 19 heavy (non-hydrogen) atoms. The molecule has 0 aromatic heterocycles. The lowest BCUT2D eigenvalue weighted by atomic mass is 9.79. The van der Waals surface area contributed by atoms with Crippen molar-refractivity contribution in [2.75, 3.05) is 7.11 Å². The van der Waals surface area contributed by atoms with E-state index in [9.17, 15) is 4.79 Å².